The van der Waals surface area contributed by atoms with E-state index in [0.29, 0.717) is 5.69 Å². The second-order valence-electron chi connectivity index (χ2n) is 5.20. The van der Waals surface area contributed by atoms with Gasteiger partial charge in [0.1, 0.15) is 0 Å². The minimum atomic E-state index is -3.68. The van der Waals surface area contributed by atoms with Crippen molar-refractivity contribution in [3.63, 3.8) is 0 Å². The Morgan fingerprint density at radius 2 is 1.73 bits per heavy atom. The van der Waals surface area contributed by atoms with E-state index in [9.17, 15) is 8.42 Å². The molecule has 2 aromatic rings. The lowest BCUT2D eigenvalue weighted by atomic mass is 10.2. The fourth-order valence-corrected chi connectivity index (χ4v) is 5.25. The van der Waals surface area contributed by atoms with Gasteiger partial charge in [-0.3, -0.25) is 0 Å². The summed E-state index contributed by atoms with van der Waals surface area (Å²) in [7, 11) is -2.17. The van der Waals surface area contributed by atoms with Gasteiger partial charge in [-0.15, -0.1) is 0 Å². The summed E-state index contributed by atoms with van der Waals surface area (Å²) >= 11 is 3.55. The minimum Gasteiger partial charge on any atom is -0.359 e. The Balaban J connectivity index is 2.15. The lowest BCUT2D eigenvalue weighted by molar-refractivity contribution is 0.118. The van der Waals surface area contributed by atoms with E-state index in [4.69, 9.17) is 4.74 Å². The van der Waals surface area contributed by atoms with Gasteiger partial charge in [-0.25, -0.2) is 12.7 Å². The number of rotatable bonds is 3. The van der Waals surface area contributed by atoms with Crippen molar-refractivity contribution >= 4 is 31.6 Å². The van der Waals surface area contributed by atoms with Gasteiger partial charge in [-0.1, -0.05) is 51.8 Å². The third-order valence-corrected chi connectivity index (χ3v) is 6.51. The van der Waals surface area contributed by atoms with Gasteiger partial charge < -0.3 is 4.74 Å². The highest BCUT2D eigenvalue weighted by molar-refractivity contribution is 9.09. The van der Waals surface area contributed by atoms with Gasteiger partial charge in [-0.2, -0.15) is 0 Å². The van der Waals surface area contributed by atoms with Crippen LogP contribution in [0.3, 0.4) is 0 Å². The summed E-state index contributed by atoms with van der Waals surface area (Å²) in [6.45, 7) is 1.92. The summed E-state index contributed by atoms with van der Waals surface area (Å²) < 4.78 is 32.9. The molecule has 0 aromatic heterocycles. The number of methoxy groups -OCH3 is 1. The second kappa shape index (κ2) is 5.68. The molecule has 22 heavy (non-hydrogen) atoms. The van der Waals surface area contributed by atoms with Gasteiger partial charge in [0.25, 0.3) is 10.0 Å². The van der Waals surface area contributed by atoms with Crippen molar-refractivity contribution in [2.75, 3.05) is 11.4 Å². The van der Waals surface area contributed by atoms with Crippen LogP contribution >= 0.6 is 15.9 Å². The maximum absolute atomic E-state index is 13.0. The van der Waals surface area contributed by atoms with E-state index in [2.05, 4.69) is 15.9 Å². The summed E-state index contributed by atoms with van der Waals surface area (Å²) in [6.07, 6.45) is -0.608. The molecule has 0 N–H and O–H groups in total. The molecular weight excluding hydrogens is 366 g/mol. The van der Waals surface area contributed by atoms with Crippen LogP contribution in [-0.4, -0.2) is 21.8 Å². The van der Waals surface area contributed by atoms with Crippen molar-refractivity contribution in [3.05, 3.63) is 59.7 Å². The van der Waals surface area contributed by atoms with Crippen LogP contribution in [-0.2, 0) is 14.8 Å². The van der Waals surface area contributed by atoms with E-state index in [1.807, 2.05) is 25.1 Å². The van der Waals surface area contributed by atoms with Crippen LogP contribution in [0.1, 0.15) is 16.0 Å². The highest BCUT2D eigenvalue weighted by Crippen LogP contribution is 2.47. The Bertz CT molecular complexity index is 789. The number of nitrogens with zero attached hydrogens (tertiary/aromatic N) is 1. The number of fused-ring (bicyclic) bond motifs is 1. The SMILES string of the molecule is CO[C@@H]1[C@@H](Br)c2ccccc2N1S(=O)(=O)c1ccc(C)cc1. The number of anilines is 1. The molecule has 0 saturated carbocycles. The van der Waals surface area contributed by atoms with E-state index < -0.39 is 16.3 Å². The molecule has 1 aliphatic heterocycles. The fourth-order valence-electron chi connectivity index (χ4n) is 2.64. The largest absolute Gasteiger partial charge is 0.359 e. The molecule has 4 nitrogen and oxygen atoms in total. The summed E-state index contributed by atoms with van der Waals surface area (Å²) in [5, 5.41) is 0. The van der Waals surface area contributed by atoms with Crippen LogP contribution in [0.4, 0.5) is 5.69 Å². The van der Waals surface area contributed by atoms with Crippen molar-refractivity contribution < 1.29 is 13.2 Å². The summed E-state index contributed by atoms with van der Waals surface area (Å²) in [5.74, 6) is 0. The predicted molar refractivity (Wildman–Crippen MR) is 89.8 cm³/mol. The molecule has 0 amide bonds. The lowest BCUT2D eigenvalue weighted by Gasteiger charge is -2.27. The number of aryl methyl sites for hydroxylation is 1. The molecule has 2 atom stereocenters. The van der Waals surface area contributed by atoms with Crippen molar-refractivity contribution in [3.8, 4) is 0 Å². The molecule has 0 saturated heterocycles. The van der Waals surface area contributed by atoms with Crippen LogP contribution in [0.5, 0.6) is 0 Å². The molecule has 116 valence electrons. The lowest BCUT2D eigenvalue weighted by Crippen LogP contribution is -2.39. The summed E-state index contributed by atoms with van der Waals surface area (Å²) in [4.78, 5) is 0.0606. The number of para-hydroxylation sites is 1. The number of benzene rings is 2. The number of hydrogen-bond acceptors (Lipinski definition) is 3. The average Bonchev–Trinajstić information content (AvgIpc) is 2.81. The first kappa shape index (κ1) is 15.5. The molecule has 0 aliphatic carbocycles. The highest BCUT2D eigenvalue weighted by atomic mass is 79.9. The average molecular weight is 382 g/mol. The number of halogens is 1. The first-order chi connectivity index (χ1) is 10.5. The quantitative estimate of drug-likeness (QED) is 0.762. The molecule has 3 rings (SSSR count). The molecule has 2 aromatic carbocycles. The number of ether oxygens (including phenoxy) is 1. The third kappa shape index (κ3) is 2.35. The van der Waals surface area contributed by atoms with E-state index in [0.717, 1.165) is 11.1 Å². The zero-order valence-electron chi connectivity index (χ0n) is 12.2. The summed E-state index contributed by atoms with van der Waals surface area (Å²) in [6, 6.07) is 14.3. The molecule has 0 fully saturated rings. The molecule has 1 aliphatic rings. The van der Waals surface area contributed by atoms with Gasteiger partial charge >= 0.3 is 0 Å². The Kier molecular flexibility index (Phi) is 4.01. The van der Waals surface area contributed by atoms with Crippen LogP contribution in [0.15, 0.2) is 53.4 Å². The predicted octanol–water partition coefficient (Wildman–Crippen LogP) is 3.61. The zero-order valence-corrected chi connectivity index (χ0v) is 14.6. The zero-order chi connectivity index (χ0) is 15.9. The van der Waals surface area contributed by atoms with Crippen molar-refractivity contribution in [1.82, 2.24) is 0 Å². The Hall–Kier alpha value is -1.37. The number of sulfonamides is 1. The molecular formula is C16H16BrNO3S. The van der Waals surface area contributed by atoms with Crippen molar-refractivity contribution in [1.29, 1.82) is 0 Å². The molecule has 6 heteroatoms. The minimum absolute atomic E-state index is 0.200. The van der Waals surface area contributed by atoms with E-state index in [1.165, 1.54) is 11.4 Å². The van der Waals surface area contributed by atoms with Crippen LogP contribution in [0.25, 0.3) is 0 Å². The van der Waals surface area contributed by atoms with Gasteiger partial charge in [-0.05, 0) is 30.7 Å². The van der Waals surface area contributed by atoms with Crippen molar-refractivity contribution in [2.24, 2.45) is 0 Å². The van der Waals surface area contributed by atoms with E-state index in [1.54, 1.807) is 30.3 Å². The topological polar surface area (TPSA) is 46.6 Å². The number of alkyl halides is 1. The third-order valence-electron chi connectivity index (χ3n) is 3.77. The highest BCUT2D eigenvalue weighted by Gasteiger charge is 2.44. The monoisotopic (exact) mass is 381 g/mol. The maximum atomic E-state index is 13.0. The molecule has 0 bridgehead atoms. The molecule has 1 heterocycles. The fraction of sp³-hybridized carbons (Fsp3) is 0.250. The smallest absolute Gasteiger partial charge is 0.266 e. The van der Waals surface area contributed by atoms with Gasteiger partial charge in [0.15, 0.2) is 6.23 Å². The van der Waals surface area contributed by atoms with Crippen LogP contribution in [0, 0.1) is 6.92 Å². The maximum Gasteiger partial charge on any atom is 0.266 e. The van der Waals surface area contributed by atoms with Crippen LogP contribution in [0.2, 0.25) is 0 Å². The first-order valence-electron chi connectivity index (χ1n) is 6.83. The Labute approximate surface area is 138 Å². The van der Waals surface area contributed by atoms with Crippen LogP contribution < -0.4 is 4.31 Å². The van der Waals surface area contributed by atoms with E-state index >= 15 is 0 Å². The Morgan fingerprint density at radius 3 is 2.36 bits per heavy atom. The van der Waals surface area contributed by atoms with E-state index in [-0.39, 0.29) is 9.72 Å². The number of hydrogen-bond donors (Lipinski definition) is 0. The van der Waals surface area contributed by atoms with Gasteiger partial charge in [0.05, 0.1) is 15.4 Å². The van der Waals surface area contributed by atoms with Gasteiger partial charge in [0.2, 0.25) is 0 Å². The molecule has 0 spiro atoms. The second-order valence-corrected chi connectivity index (χ2v) is 8.00. The normalized spacial score (nSPS) is 21.0. The van der Waals surface area contributed by atoms with Gasteiger partial charge in [0, 0.05) is 7.11 Å². The van der Waals surface area contributed by atoms with Crippen molar-refractivity contribution in [2.45, 2.75) is 22.9 Å². The first-order valence-corrected chi connectivity index (χ1v) is 9.19. The molecule has 0 unspecified atom stereocenters. The summed E-state index contributed by atoms with van der Waals surface area (Å²) in [5.41, 5.74) is 2.57. The standard InChI is InChI=1S/C16H16BrNO3S/c1-11-7-9-12(10-8-11)22(19,20)18-14-6-4-3-5-13(14)15(17)16(18)21-2/h3-10,15-16H,1-2H3/t15-,16+/m0/s1. The molecule has 0 radical (unpaired) electrons. The Morgan fingerprint density at radius 1 is 1.09 bits per heavy atom.